The van der Waals surface area contributed by atoms with Crippen LogP contribution in [0.2, 0.25) is 0 Å². The van der Waals surface area contributed by atoms with Crippen molar-refractivity contribution in [2.75, 3.05) is 6.54 Å². The largest absolute Gasteiger partial charge is 0.368 e. The lowest BCUT2D eigenvalue weighted by molar-refractivity contribution is -0.117. The van der Waals surface area contributed by atoms with E-state index in [0.29, 0.717) is 17.7 Å². The van der Waals surface area contributed by atoms with Gasteiger partial charge in [-0.15, -0.1) is 0 Å². The average molecular weight is 404 g/mol. The smallest absolute Gasteiger partial charge is 0.253 e. The zero-order chi connectivity index (χ0) is 21.7. The lowest BCUT2D eigenvalue weighted by atomic mass is 10.1. The molecule has 0 saturated heterocycles. The summed E-state index contributed by atoms with van der Waals surface area (Å²) in [6.45, 7) is 4.02. The molecule has 7 nitrogen and oxygen atoms in total. The molecule has 4 N–H and O–H groups in total. The maximum atomic E-state index is 12.7. The molecule has 7 heteroatoms. The number of hydrogen-bond donors (Lipinski definition) is 3. The Morgan fingerprint density at radius 3 is 2.20 bits per heavy atom. The van der Waals surface area contributed by atoms with E-state index in [4.69, 9.17) is 5.73 Å². The summed E-state index contributed by atoms with van der Waals surface area (Å²) in [6.07, 6.45) is 0. The van der Waals surface area contributed by atoms with Crippen LogP contribution in [0.5, 0.6) is 0 Å². The first-order valence-electron chi connectivity index (χ1n) is 9.55. The number of benzene rings is 2. The van der Waals surface area contributed by atoms with E-state index in [2.05, 4.69) is 15.2 Å². The van der Waals surface area contributed by atoms with Gasteiger partial charge in [-0.2, -0.15) is 0 Å². The van der Waals surface area contributed by atoms with Crippen molar-refractivity contribution in [2.24, 2.45) is 5.73 Å². The third-order valence-corrected chi connectivity index (χ3v) is 4.78. The number of primary amides is 1. The van der Waals surface area contributed by atoms with E-state index in [1.165, 1.54) is 0 Å². The van der Waals surface area contributed by atoms with Crippen LogP contribution in [0, 0.1) is 13.8 Å². The molecule has 30 heavy (non-hydrogen) atoms. The van der Waals surface area contributed by atoms with Gasteiger partial charge in [-0.05, 0) is 49.7 Å². The molecule has 0 aliphatic heterocycles. The first-order valence-corrected chi connectivity index (χ1v) is 9.55. The fourth-order valence-electron chi connectivity index (χ4n) is 3.29. The van der Waals surface area contributed by atoms with Crippen LogP contribution < -0.4 is 16.4 Å². The fourth-order valence-corrected chi connectivity index (χ4v) is 3.29. The third-order valence-electron chi connectivity index (χ3n) is 4.78. The Hall–Kier alpha value is -3.87. The summed E-state index contributed by atoms with van der Waals surface area (Å²) in [5.74, 6) is -1.14. The van der Waals surface area contributed by atoms with Gasteiger partial charge < -0.3 is 20.9 Å². The molecule has 1 heterocycles. The van der Waals surface area contributed by atoms with E-state index in [1.54, 1.807) is 24.3 Å². The van der Waals surface area contributed by atoms with Crippen LogP contribution in [-0.2, 0) is 11.3 Å². The molecule has 3 amide bonds. The first-order chi connectivity index (χ1) is 14.4. The molecule has 0 unspecified atom stereocenters. The molecule has 0 aliphatic rings. The predicted octanol–water partition coefficient (Wildman–Crippen LogP) is 2.24. The van der Waals surface area contributed by atoms with Gasteiger partial charge >= 0.3 is 0 Å². The van der Waals surface area contributed by atoms with Crippen LogP contribution in [0.15, 0.2) is 60.7 Å². The molecule has 0 aliphatic carbocycles. The number of amides is 3. The Bertz CT molecular complexity index is 1070. The summed E-state index contributed by atoms with van der Waals surface area (Å²) in [5, 5.41) is 5.35. The second-order valence-electron chi connectivity index (χ2n) is 6.98. The monoisotopic (exact) mass is 404 g/mol. The van der Waals surface area contributed by atoms with Crippen LogP contribution in [0.1, 0.15) is 37.7 Å². The van der Waals surface area contributed by atoms with Gasteiger partial charge in [-0.3, -0.25) is 14.4 Å². The Morgan fingerprint density at radius 2 is 1.57 bits per heavy atom. The molecule has 3 aromatic rings. The first kappa shape index (κ1) is 20.9. The highest BCUT2D eigenvalue weighted by Gasteiger charge is 2.16. The second-order valence-corrected chi connectivity index (χ2v) is 6.98. The van der Waals surface area contributed by atoms with Gasteiger partial charge in [-0.1, -0.05) is 30.3 Å². The quantitative estimate of drug-likeness (QED) is 0.562. The number of carbonyl (C=O) groups excluding carboxylic acids is 3. The van der Waals surface area contributed by atoms with Gasteiger partial charge in [0.25, 0.3) is 11.8 Å². The minimum absolute atomic E-state index is 0.159. The topological polar surface area (TPSA) is 106 Å². The number of nitrogens with zero attached hydrogens (tertiary/aromatic N) is 1. The van der Waals surface area contributed by atoms with Gasteiger partial charge in [0.15, 0.2) is 0 Å². The molecule has 2 aromatic carbocycles. The number of nitrogens with one attached hydrogen (secondary N) is 2. The van der Waals surface area contributed by atoms with Crippen molar-refractivity contribution in [3.8, 4) is 5.69 Å². The summed E-state index contributed by atoms with van der Waals surface area (Å²) in [6, 6.07) is 18.6. The SMILES string of the molecule is Cc1cc(C(=O)NCc2ccc(C(=O)NCC(N)=O)cc2)c(C)n1-c1ccccc1. The zero-order valence-electron chi connectivity index (χ0n) is 16.9. The number of aryl methyl sites for hydroxylation is 1. The van der Waals surface area contributed by atoms with E-state index in [-0.39, 0.29) is 18.4 Å². The van der Waals surface area contributed by atoms with Crippen molar-refractivity contribution in [1.29, 1.82) is 0 Å². The number of hydrogen-bond acceptors (Lipinski definition) is 3. The number of para-hydroxylation sites is 1. The van der Waals surface area contributed by atoms with Gasteiger partial charge in [0.05, 0.1) is 12.1 Å². The minimum Gasteiger partial charge on any atom is -0.368 e. The van der Waals surface area contributed by atoms with Crippen molar-refractivity contribution >= 4 is 17.7 Å². The highest BCUT2D eigenvalue weighted by atomic mass is 16.2. The molecule has 0 bridgehead atoms. The Kier molecular flexibility index (Phi) is 6.32. The predicted molar refractivity (Wildman–Crippen MR) is 114 cm³/mol. The summed E-state index contributed by atoms with van der Waals surface area (Å²) in [5.41, 5.74) is 9.78. The lowest BCUT2D eigenvalue weighted by Gasteiger charge is -2.10. The van der Waals surface area contributed by atoms with Crippen molar-refractivity contribution in [2.45, 2.75) is 20.4 Å². The van der Waals surface area contributed by atoms with Gasteiger partial charge in [0.1, 0.15) is 0 Å². The highest BCUT2D eigenvalue weighted by molar-refractivity contribution is 5.97. The molecule has 154 valence electrons. The van der Waals surface area contributed by atoms with Crippen LogP contribution in [0.4, 0.5) is 0 Å². The van der Waals surface area contributed by atoms with Crippen LogP contribution in [0.3, 0.4) is 0 Å². The molecule has 1 aromatic heterocycles. The lowest BCUT2D eigenvalue weighted by Crippen LogP contribution is -2.33. The van der Waals surface area contributed by atoms with E-state index < -0.39 is 5.91 Å². The van der Waals surface area contributed by atoms with E-state index in [0.717, 1.165) is 22.6 Å². The van der Waals surface area contributed by atoms with Crippen LogP contribution in [-0.4, -0.2) is 28.8 Å². The standard InChI is InChI=1S/C23H24N4O3/c1-15-12-20(16(2)27(15)19-6-4-3-5-7-19)23(30)25-13-17-8-10-18(11-9-17)22(29)26-14-21(24)28/h3-12H,13-14H2,1-2H3,(H2,24,28)(H,25,30)(H,26,29). The molecule has 0 radical (unpaired) electrons. The summed E-state index contributed by atoms with van der Waals surface area (Å²) in [7, 11) is 0. The molecule has 0 spiro atoms. The van der Waals surface area contributed by atoms with Crippen LogP contribution in [0.25, 0.3) is 5.69 Å². The summed E-state index contributed by atoms with van der Waals surface area (Å²) < 4.78 is 2.05. The maximum absolute atomic E-state index is 12.7. The van der Waals surface area contributed by atoms with Crippen LogP contribution >= 0.6 is 0 Å². The summed E-state index contributed by atoms with van der Waals surface area (Å²) in [4.78, 5) is 35.4. The zero-order valence-corrected chi connectivity index (χ0v) is 16.9. The van der Waals surface area contributed by atoms with Gasteiger partial charge in [0, 0.05) is 29.2 Å². The number of aromatic nitrogens is 1. The number of rotatable bonds is 7. The molecule has 0 atom stereocenters. The minimum atomic E-state index is -0.602. The highest BCUT2D eigenvalue weighted by Crippen LogP contribution is 2.20. The van der Waals surface area contributed by atoms with E-state index in [1.807, 2.05) is 50.2 Å². The average Bonchev–Trinajstić information content (AvgIpc) is 3.05. The molecular weight excluding hydrogens is 380 g/mol. The van der Waals surface area contributed by atoms with Crippen molar-refractivity contribution in [3.05, 3.63) is 88.7 Å². The van der Waals surface area contributed by atoms with Crippen molar-refractivity contribution in [3.63, 3.8) is 0 Å². The molecule has 0 fully saturated rings. The maximum Gasteiger partial charge on any atom is 0.253 e. The van der Waals surface area contributed by atoms with Crippen molar-refractivity contribution in [1.82, 2.24) is 15.2 Å². The Labute approximate surface area is 174 Å². The molecule has 0 saturated carbocycles. The van der Waals surface area contributed by atoms with Gasteiger partial charge in [0.2, 0.25) is 5.91 Å². The second kappa shape index (κ2) is 9.09. The van der Waals surface area contributed by atoms with E-state index >= 15 is 0 Å². The normalized spacial score (nSPS) is 10.5. The summed E-state index contributed by atoms with van der Waals surface area (Å²) >= 11 is 0. The molecular formula is C23H24N4O3. The number of nitrogens with two attached hydrogens (primary N) is 1. The fraction of sp³-hybridized carbons (Fsp3) is 0.174. The third kappa shape index (κ3) is 4.75. The molecule has 3 rings (SSSR count). The van der Waals surface area contributed by atoms with Crippen molar-refractivity contribution < 1.29 is 14.4 Å². The van der Waals surface area contributed by atoms with Gasteiger partial charge in [-0.25, -0.2) is 0 Å². The Balaban J connectivity index is 1.65. The number of carbonyl (C=O) groups is 3. The van der Waals surface area contributed by atoms with E-state index in [9.17, 15) is 14.4 Å². The Morgan fingerprint density at radius 1 is 0.900 bits per heavy atom.